The van der Waals surface area contributed by atoms with Crippen molar-refractivity contribution in [2.24, 2.45) is 0 Å². The fraction of sp³-hybridized carbons (Fsp3) is 0.368. The number of aromatic nitrogens is 5. The molecule has 3 saturated carbocycles. The Labute approximate surface area is 173 Å². The first kappa shape index (κ1) is 19.1. The van der Waals surface area contributed by atoms with Gasteiger partial charge in [-0.25, -0.2) is 28.1 Å². The quantitative estimate of drug-likeness (QED) is 0.545. The predicted molar refractivity (Wildman–Crippen MR) is 108 cm³/mol. The Kier molecular flexibility index (Phi) is 4.01. The standard InChI is InChI=1S/C19H21N7O3S/c1-12-2-3-13(30(28,29)25-18-4-5-19(27,8-18)9-18)6-14(12)15-7-22-16(20)17(24-15)26-11-21-10-23-26/h2-3,6-7,10-11,25,27H,4-5,8-9H2,1H3,(H2,20,22). The molecule has 10 nitrogen and oxygen atoms in total. The smallest absolute Gasteiger partial charge is 0.241 e. The van der Waals surface area contributed by atoms with Gasteiger partial charge in [0.2, 0.25) is 10.0 Å². The molecule has 0 unspecified atom stereocenters. The molecule has 2 aromatic heterocycles. The van der Waals surface area contributed by atoms with Gasteiger partial charge in [0, 0.05) is 11.1 Å². The van der Waals surface area contributed by atoms with Crippen molar-refractivity contribution in [2.45, 2.75) is 48.6 Å². The zero-order valence-electron chi connectivity index (χ0n) is 16.3. The van der Waals surface area contributed by atoms with E-state index in [2.05, 4.69) is 24.8 Å². The van der Waals surface area contributed by atoms with E-state index in [0.717, 1.165) is 5.56 Å². The topological polar surface area (TPSA) is 149 Å². The molecule has 0 atom stereocenters. The number of aliphatic hydroxyl groups is 1. The molecule has 0 saturated heterocycles. The number of rotatable bonds is 5. The number of aryl methyl sites for hydroxylation is 1. The molecule has 1 aromatic carbocycles. The molecular formula is C19H21N7O3S. The van der Waals surface area contributed by atoms with E-state index in [-0.39, 0.29) is 10.7 Å². The molecule has 4 N–H and O–H groups in total. The Morgan fingerprint density at radius 2 is 2.07 bits per heavy atom. The third kappa shape index (κ3) is 3.06. The van der Waals surface area contributed by atoms with Crippen molar-refractivity contribution in [1.29, 1.82) is 0 Å². The maximum absolute atomic E-state index is 13.1. The van der Waals surface area contributed by atoms with E-state index in [1.54, 1.807) is 18.2 Å². The summed E-state index contributed by atoms with van der Waals surface area (Å²) >= 11 is 0. The van der Waals surface area contributed by atoms with E-state index in [4.69, 9.17) is 5.73 Å². The minimum atomic E-state index is -3.76. The first-order valence-electron chi connectivity index (χ1n) is 9.54. The van der Waals surface area contributed by atoms with E-state index in [0.29, 0.717) is 42.8 Å². The fourth-order valence-electron chi connectivity index (χ4n) is 4.55. The zero-order chi connectivity index (χ0) is 21.1. The van der Waals surface area contributed by atoms with Crippen molar-refractivity contribution in [2.75, 3.05) is 5.73 Å². The number of nitrogens with zero attached hydrogens (tertiary/aromatic N) is 5. The van der Waals surface area contributed by atoms with Crippen LogP contribution in [-0.2, 0) is 10.0 Å². The van der Waals surface area contributed by atoms with Crippen molar-refractivity contribution in [3.05, 3.63) is 42.6 Å². The SMILES string of the molecule is Cc1ccc(S(=O)(=O)NC23CCC(O)(C2)C3)cc1-c1cnc(N)c(-n2cncn2)n1. The molecule has 3 fully saturated rings. The van der Waals surface area contributed by atoms with E-state index in [9.17, 15) is 13.5 Å². The van der Waals surface area contributed by atoms with Crippen LogP contribution in [0.1, 0.15) is 31.2 Å². The molecule has 0 spiro atoms. The maximum atomic E-state index is 13.1. The molecule has 3 aliphatic carbocycles. The van der Waals surface area contributed by atoms with Crippen LogP contribution >= 0.6 is 0 Å². The van der Waals surface area contributed by atoms with Gasteiger partial charge in [-0.1, -0.05) is 6.07 Å². The van der Waals surface area contributed by atoms with E-state index in [1.165, 1.54) is 23.5 Å². The molecule has 6 rings (SSSR count). The molecule has 3 aliphatic rings. The lowest BCUT2D eigenvalue weighted by Gasteiger charge is -2.44. The van der Waals surface area contributed by atoms with Gasteiger partial charge in [-0.05, 0) is 50.3 Å². The lowest BCUT2D eigenvalue weighted by Crippen LogP contribution is -2.58. The Morgan fingerprint density at radius 1 is 1.27 bits per heavy atom. The highest BCUT2D eigenvalue weighted by molar-refractivity contribution is 7.89. The number of nitrogen functional groups attached to an aromatic ring is 1. The first-order chi connectivity index (χ1) is 14.2. The summed E-state index contributed by atoms with van der Waals surface area (Å²) in [4.78, 5) is 12.7. The Hall–Kier alpha value is -2.89. The van der Waals surface area contributed by atoms with Crippen molar-refractivity contribution in [3.8, 4) is 17.1 Å². The van der Waals surface area contributed by atoms with Gasteiger partial charge in [0.1, 0.15) is 12.7 Å². The van der Waals surface area contributed by atoms with E-state index in [1.807, 2.05) is 6.92 Å². The summed E-state index contributed by atoms with van der Waals surface area (Å²) in [6.07, 6.45) is 6.52. The lowest BCUT2D eigenvalue weighted by atomic mass is 9.74. The van der Waals surface area contributed by atoms with Crippen LogP contribution in [0.5, 0.6) is 0 Å². The Bertz CT molecular complexity index is 1240. The van der Waals surface area contributed by atoms with Crippen LogP contribution in [0.15, 0.2) is 41.9 Å². The second-order valence-corrected chi connectivity index (χ2v) is 9.93. The van der Waals surface area contributed by atoms with Crippen molar-refractivity contribution in [1.82, 2.24) is 29.5 Å². The number of hydrogen-bond donors (Lipinski definition) is 3. The molecule has 0 radical (unpaired) electrons. The van der Waals surface area contributed by atoms with Crippen molar-refractivity contribution < 1.29 is 13.5 Å². The van der Waals surface area contributed by atoms with Gasteiger partial charge in [-0.15, -0.1) is 0 Å². The summed E-state index contributed by atoms with van der Waals surface area (Å²) < 4.78 is 30.3. The normalized spacial score (nSPS) is 25.3. The van der Waals surface area contributed by atoms with Gasteiger partial charge in [-0.2, -0.15) is 9.78 Å². The lowest BCUT2D eigenvalue weighted by molar-refractivity contribution is -0.0362. The van der Waals surface area contributed by atoms with Crippen molar-refractivity contribution in [3.63, 3.8) is 0 Å². The number of nitrogens with one attached hydrogen (secondary N) is 1. The van der Waals surface area contributed by atoms with Gasteiger partial charge >= 0.3 is 0 Å². The summed E-state index contributed by atoms with van der Waals surface area (Å²) in [6.45, 7) is 1.87. The first-order valence-corrected chi connectivity index (χ1v) is 11.0. The average Bonchev–Trinajstić information content (AvgIpc) is 3.37. The monoisotopic (exact) mass is 427 g/mol. The molecule has 2 bridgehead atoms. The van der Waals surface area contributed by atoms with Crippen LogP contribution in [0, 0.1) is 6.92 Å². The number of benzene rings is 1. The van der Waals surface area contributed by atoms with Crippen LogP contribution in [-0.4, -0.2) is 49.4 Å². The van der Waals surface area contributed by atoms with Gasteiger partial charge in [-0.3, -0.25) is 0 Å². The molecule has 30 heavy (non-hydrogen) atoms. The zero-order valence-corrected chi connectivity index (χ0v) is 17.1. The van der Waals surface area contributed by atoms with Gasteiger partial charge < -0.3 is 10.8 Å². The number of nitrogens with two attached hydrogens (primary N) is 1. The highest BCUT2D eigenvalue weighted by atomic mass is 32.2. The van der Waals surface area contributed by atoms with E-state index >= 15 is 0 Å². The third-order valence-electron chi connectivity index (χ3n) is 5.97. The van der Waals surface area contributed by atoms with Crippen LogP contribution in [0.3, 0.4) is 0 Å². The van der Waals surface area contributed by atoms with Gasteiger partial charge in [0.15, 0.2) is 11.6 Å². The summed E-state index contributed by atoms with van der Waals surface area (Å²) in [5.41, 5.74) is 6.62. The number of hydrogen-bond acceptors (Lipinski definition) is 8. The van der Waals surface area contributed by atoms with Gasteiger partial charge in [0.25, 0.3) is 0 Å². The predicted octanol–water partition coefficient (Wildman–Crippen LogP) is 0.951. The molecule has 156 valence electrons. The second kappa shape index (κ2) is 6.30. The molecule has 2 heterocycles. The number of anilines is 1. The maximum Gasteiger partial charge on any atom is 0.241 e. The summed E-state index contributed by atoms with van der Waals surface area (Å²) in [5, 5.41) is 14.2. The van der Waals surface area contributed by atoms with Crippen LogP contribution in [0.25, 0.3) is 17.1 Å². The Morgan fingerprint density at radius 3 is 2.73 bits per heavy atom. The third-order valence-corrected chi connectivity index (χ3v) is 7.54. The summed E-state index contributed by atoms with van der Waals surface area (Å²) in [6, 6.07) is 4.89. The van der Waals surface area contributed by atoms with E-state index < -0.39 is 21.2 Å². The highest BCUT2D eigenvalue weighted by Crippen LogP contribution is 2.55. The molecule has 0 amide bonds. The van der Waals surface area contributed by atoms with Gasteiger partial charge in [0.05, 0.1) is 22.4 Å². The number of sulfonamides is 1. The van der Waals surface area contributed by atoms with Crippen LogP contribution in [0.4, 0.5) is 5.82 Å². The van der Waals surface area contributed by atoms with Crippen LogP contribution in [0.2, 0.25) is 0 Å². The van der Waals surface area contributed by atoms with Crippen LogP contribution < -0.4 is 10.5 Å². The average molecular weight is 427 g/mol. The molecule has 0 aliphatic heterocycles. The van der Waals surface area contributed by atoms with Crippen molar-refractivity contribution >= 4 is 15.8 Å². The Balaban J connectivity index is 1.51. The highest BCUT2D eigenvalue weighted by Gasteiger charge is 2.61. The fourth-order valence-corrected chi connectivity index (χ4v) is 6.00. The summed E-state index contributed by atoms with van der Waals surface area (Å²) in [5.74, 6) is 0.500. The summed E-state index contributed by atoms with van der Waals surface area (Å²) in [7, 11) is -3.76. The largest absolute Gasteiger partial charge is 0.390 e. The molecule has 11 heteroatoms. The molecule has 3 aromatic rings. The second-order valence-electron chi connectivity index (χ2n) is 8.24. The minimum absolute atomic E-state index is 0.140. The minimum Gasteiger partial charge on any atom is -0.390 e. The molecular weight excluding hydrogens is 406 g/mol. The number of fused-ring (bicyclic) bond motifs is 1.